The highest BCUT2D eigenvalue weighted by atomic mass is 19.4. The quantitative estimate of drug-likeness (QED) is 0.558. The molecule has 2 aliphatic rings. The molecule has 2 fully saturated rings. The average molecular weight is 209 g/mol. The largest absolute Gasteiger partial charge is 0.403 e. The van der Waals surface area contributed by atoms with Crippen molar-refractivity contribution in [1.29, 1.82) is 0 Å². The van der Waals surface area contributed by atoms with Crippen LogP contribution < -0.4 is 16.2 Å². The van der Waals surface area contributed by atoms with Crippen LogP contribution in [0.1, 0.15) is 19.8 Å². The predicted octanol–water partition coefficient (Wildman–Crippen LogP) is 0.741. The van der Waals surface area contributed by atoms with Crippen LogP contribution in [0, 0.1) is 5.92 Å². The van der Waals surface area contributed by atoms with E-state index in [1.165, 1.54) is 0 Å². The third-order valence-corrected chi connectivity index (χ3v) is 3.13. The highest BCUT2D eigenvalue weighted by Gasteiger charge is 2.50. The zero-order chi connectivity index (χ0) is 10.4. The molecule has 0 aromatic carbocycles. The van der Waals surface area contributed by atoms with Crippen LogP contribution in [0.15, 0.2) is 0 Å². The summed E-state index contributed by atoms with van der Waals surface area (Å²) in [4.78, 5) is 0. The number of piperidine rings is 1. The molecule has 2 aliphatic heterocycles. The van der Waals surface area contributed by atoms with Crippen molar-refractivity contribution >= 4 is 0 Å². The average Bonchev–Trinajstić information content (AvgIpc) is 2.84. The molecule has 3 N–H and O–H groups in total. The Kier molecular flexibility index (Phi) is 2.24. The zero-order valence-corrected chi connectivity index (χ0v) is 7.91. The smallest absolute Gasteiger partial charge is 0.306 e. The van der Waals surface area contributed by atoms with Gasteiger partial charge < -0.3 is 5.32 Å². The number of rotatable bonds is 1. The second kappa shape index (κ2) is 3.08. The molecule has 0 saturated carbocycles. The van der Waals surface area contributed by atoms with Crippen molar-refractivity contribution in [2.45, 2.75) is 37.6 Å². The summed E-state index contributed by atoms with van der Waals surface area (Å²) >= 11 is 0. The Morgan fingerprint density at radius 2 is 1.93 bits per heavy atom. The Morgan fingerprint density at radius 1 is 1.29 bits per heavy atom. The first-order valence-corrected chi connectivity index (χ1v) is 4.76. The van der Waals surface area contributed by atoms with Gasteiger partial charge in [-0.15, -0.1) is 0 Å². The highest BCUT2D eigenvalue weighted by Crippen LogP contribution is 2.35. The second-order valence-corrected chi connectivity index (χ2v) is 4.22. The van der Waals surface area contributed by atoms with Gasteiger partial charge in [-0.3, -0.25) is 0 Å². The van der Waals surface area contributed by atoms with Gasteiger partial charge in [-0.2, -0.15) is 13.2 Å². The topological polar surface area (TPSA) is 55.9 Å². The van der Waals surface area contributed by atoms with Crippen molar-refractivity contribution in [3.05, 3.63) is 0 Å². The predicted molar refractivity (Wildman–Crippen MR) is 45.2 cm³/mol. The Morgan fingerprint density at radius 3 is 2.43 bits per heavy atom. The van der Waals surface area contributed by atoms with Gasteiger partial charge in [-0.25, -0.2) is 10.9 Å². The third-order valence-electron chi connectivity index (χ3n) is 3.13. The van der Waals surface area contributed by atoms with E-state index in [1.54, 1.807) is 0 Å². The van der Waals surface area contributed by atoms with Gasteiger partial charge in [0.15, 0.2) is 0 Å². The monoisotopic (exact) mass is 209 g/mol. The van der Waals surface area contributed by atoms with Gasteiger partial charge in [-0.05, 0) is 32.2 Å². The van der Waals surface area contributed by atoms with Gasteiger partial charge in [-0.1, -0.05) is 0 Å². The molecule has 0 radical (unpaired) electrons. The van der Waals surface area contributed by atoms with E-state index >= 15 is 0 Å². The van der Waals surface area contributed by atoms with Gasteiger partial charge in [0.2, 0.25) is 0 Å². The maximum Gasteiger partial charge on any atom is 0.403 e. The Hall–Kier alpha value is -0.330. The number of alkyl halides is 3. The van der Waals surface area contributed by atoms with Crippen molar-refractivity contribution < 1.29 is 13.2 Å². The van der Waals surface area contributed by atoms with Crippen LogP contribution in [-0.2, 0) is 0 Å². The van der Waals surface area contributed by atoms with Crippen LogP contribution in [0.3, 0.4) is 0 Å². The Labute approximate surface area is 80.4 Å². The Bertz CT molecular complexity index is 213. The van der Waals surface area contributed by atoms with Crippen molar-refractivity contribution in [1.82, 2.24) is 16.2 Å². The van der Waals surface area contributed by atoms with Crippen molar-refractivity contribution in [2.24, 2.45) is 5.92 Å². The second-order valence-electron chi connectivity index (χ2n) is 4.22. The van der Waals surface area contributed by atoms with E-state index in [-0.39, 0.29) is 18.0 Å². The first-order chi connectivity index (χ1) is 6.42. The molecule has 0 aromatic rings. The number of hydrogen-bond acceptors (Lipinski definition) is 3. The summed E-state index contributed by atoms with van der Waals surface area (Å²) in [5.74, 6) is 0.0513. The number of hydrogen-bond donors (Lipinski definition) is 3. The van der Waals surface area contributed by atoms with E-state index in [1.807, 2.05) is 6.92 Å². The molecular formula is C8H14F3N3. The van der Waals surface area contributed by atoms with Crippen molar-refractivity contribution in [2.75, 3.05) is 6.54 Å². The summed E-state index contributed by atoms with van der Waals surface area (Å²) in [5, 5.41) is 2.51. The SMILES string of the molecule is CC1(C2CCNC(C(F)(F)F)C2)NN1. The minimum atomic E-state index is -4.12. The normalized spacial score (nSPS) is 36.9. The molecule has 6 heteroatoms. The van der Waals surface area contributed by atoms with Crippen LogP contribution in [0.25, 0.3) is 0 Å². The molecule has 0 spiro atoms. The fourth-order valence-corrected chi connectivity index (χ4v) is 1.99. The van der Waals surface area contributed by atoms with E-state index in [2.05, 4.69) is 16.2 Å². The molecule has 0 aromatic heterocycles. The number of halogens is 3. The van der Waals surface area contributed by atoms with Gasteiger partial charge in [0, 0.05) is 0 Å². The Balaban J connectivity index is 1.97. The van der Waals surface area contributed by atoms with Gasteiger partial charge in [0.05, 0.1) is 5.66 Å². The first-order valence-electron chi connectivity index (χ1n) is 4.76. The summed E-state index contributed by atoms with van der Waals surface area (Å²) in [6.45, 7) is 2.34. The number of hydrazine groups is 1. The maximum atomic E-state index is 12.4. The van der Waals surface area contributed by atoms with Crippen molar-refractivity contribution in [3.8, 4) is 0 Å². The van der Waals surface area contributed by atoms with Gasteiger partial charge in [0.1, 0.15) is 6.04 Å². The molecule has 14 heavy (non-hydrogen) atoms. The summed E-state index contributed by atoms with van der Waals surface area (Å²) < 4.78 is 37.3. The molecule has 82 valence electrons. The van der Waals surface area contributed by atoms with Crippen LogP contribution in [0.2, 0.25) is 0 Å². The molecule has 0 aliphatic carbocycles. The maximum absolute atomic E-state index is 12.4. The fraction of sp³-hybridized carbons (Fsp3) is 1.00. The van der Waals surface area contributed by atoms with Crippen LogP contribution >= 0.6 is 0 Å². The van der Waals surface area contributed by atoms with E-state index in [4.69, 9.17) is 0 Å². The molecule has 2 unspecified atom stereocenters. The lowest BCUT2D eigenvalue weighted by atomic mass is 9.85. The summed E-state index contributed by atoms with van der Waals surface area (Å²) in [6.07, 6.45) is -3.19. The van der Waals surface area contributed by atoms with Crippen LogP contribution in [-0.4, -0.2) is 24.4 Å². The molecular weight excluding hydrogens is 195 g/mol. The van der Waals surface area contributed by atoms with E-state index in [0.29, 0.717) is 6.54 Å². The molecule has 2 heterocycles. The lowest BCUT2D eigenvalue weighted by molar-refractivity contribution is -0.164. The molecule has 2 atom stereocenters. The first kappa shape index (κ1) is 10.2. The van der Waals surface area contributed by atoms with Gasteiger partial charge in [0.25, 0.3) is 0 Å². The minimum Gasteiger partial charge on any atom is -0.306 e. The van der Waals surface area contributed by atoms with E-state index < -0.39 is 12.2 Å². The summed E-state index contributed by atoms with van der Waals surface area (Å²) in [5.41, 5.74) is 5.54. The highest BCUT2D eigenvalue weighted by molar-refractivity contribution is 5.00. The van der Waals surface area contributed by atoms with Gasteiger partial charge >= 0.3 is 6.18 Å². The minimum absolute atomic E-state index is 0.0513. The molecule has 2 rings (SSSR count). The molecule has 2 saturated heterocycles. The third kappa shape index (κ3) is 1.87. The molecule has 3 nitrogen and oxygen atoms in total. The van der Waals surface area contributed by atoms with E-state index in [0.717, 1.165) is 6.42 Å². The standard InChI is InChI=1S/C8H14F3N3/c1-7(13-14-7)5-2-3-12-6(4-5)8(9,10)11/h5-6,12-14H,2-4H2,1H3. The molecule has 0 bridgehead atoms. The zero-order valence-electron chi connectivity index (χ0n) is 7.91. The lowest BCUT2D eigenvalue weighted by Crippen LogP contribution is -2.50. The van der Waals surface area contributed by atoms with Crippen molar-refractivity contribution in [3.63, 3.8) is 0 Å². The summed E-state index contributed by atoms with van der Waals surface area (Å²) in [7, 11) is 0. The lowest BCUT2D eigenvalue weighted by Gasteiger charge is -2.33. The molecule has 0 amide bonds. The number of nitrogens with one attached hydrogen (secondary N) is 3. The fourth-order valence-electron chi connectivity index (χ4n) is 1.99. The van der Waals surface area contributed by atoms with Crippen LogP contribution in [0.4, 0.5) is 13.2 Å². The van der Waals surface area contributed by atoms with E-state index in [9.17, 15) is 13.2 Å². The van der Waals surface area contributed by atoms with Crippen LogP contribution in [0.5, 0.6) is 0 Å². The summed E-state index contributed by atoms with van der Waals surface area (Å²) in [6, 6.07) is -1.35.